The van der Waals surface area contributed by atoms with E-state index in [0.29, 0.717) is 30.0 Å². The number of carbonyl (C=O) groups is 1. The van der Waals surface area contributed by atoms with E-state index in [0.717, 1.165) is 28.0 Å². The van der Waals surface area contributed by atoms with Gasteiger partial charge in [0.05, 0.1) is 12.8 Å². The summed E-state index contributed by atoms with van der Waals surface area (Å²) >= 11 is 0. The van der Waals surface area contributed by atoms with Crippen LogP contribution in [-0.2, 0) is 4.79 Å². The summed E-state index contributed by atoms with van der Waals surface area (Å²) in [6.07, 6.45) is 1.34. The number of nitrogens with one attached hydrogen (secondary N) is 1. The third-order valence-corrected chi connectivity index (χ3v) is 5.90. The second-order valence-electron chi connectivity index (χ2n) is 7.80. The van der Waals surface area contributed by atoms with Crippen molar-refractivity contribution in [1.29, 1.82) is 0 Å². The highest BCUT2D eigenvalue weighted by Crippen LogP contribution is 2.41. The molecule has 7 nitrogen and oxygen atoms in total. The van der Waals surface area contributed by atoms with Gasteiger partial charge in [-0.2, -0.15) is 0 Å². The van der Waals surface area contributed by atoms with Crippen LogP contribution < -0.4 is 4.74 Å². The number of aromatic hydroxyl groups is 1. The number of rotatable bonds is 5. The Morgan fingerprint density at radius 1 is 1.19 bits per heavy atom. The second-order valence-corrected chi connectivity index (χ2v) is 7.80. The molecule has 0 saturated carbocycles. The number of benzene rings is 2. The quantitative estimate of drug-likeness (QED) is 0.469. The molecule has 0 radical (unpaired) electrons. The molecule has 4 aromatic rings. The maximum absolute atomic E-state index is 12.0. The lowest BCUT2D eigenvalue weighted by Gasteiger charge is -2.38. The van der Waals surface area contributed by atoms with Gasteiger partial charge < -0.3 is 19.7 Å². The Morgan fingerprint density at radius 2 is 2.00 bits per heavy atom. The molecule has 2 aromatic carbocycles. The summed E-state index contributed by atoms with van der Waals surface area (Å²) in [6.45, 7) is 4.79. The number of ether oxygens (including phenoxy) is 1. The van der Waals surface area contributed by atoms with E-state index in [2.05, 4.69) is 21.8 Å². The molecule has 0 unspecified atom stereocenters. The highest BCUT2D eigenvalue weighted by atomic mass is 16.5. The van der Waals surface area contributed by atoms with Crippen LogP contribution in [0.15, 0.2) is 67.3 Å². The molecule has 3 heterocycles. The number of aromatic nitrogens is 3. The number of H-pyrrole nitrogens is 1. The number of hydrogen-bond donors (Lipinski definition) is 2. The zero-order valence-corrected chi connectivity index (χ0v) is 17.6. The number of phenols is 1. The molecule has 1 saturated heterocycles. The normalized spacial score (nSPS) is 13.7. The van der Waals surface area contributed by atoms with E-state index in [-0.39, 0.29) is 17.6 Å². The maximum atomic E-state index is 12.0. The molecule has 7 heteroatoms. The summed E-state index contributed by atoms with van der Waals surface area (Å²) in [6, 6.07) is 16.9. The molecule has 0 bridgehead atoms. The largest absolute Gasteiger partial charge is 0.507 e. The number of likely N-dealkylation sites (tertiary alicyclic amines) is 1. The van der Waals surface area contributed by atoms with Crippen molar-refractivity contribution in [2.45, 2.75) is 5.92 Å². The number of hydrogen-bond acceptors (Lipinski definition) is 5. The van der Waals surface area contributed by atoms with Crippen molar-refractivity contribution >= 4 is 16.9 Å². The van der Waals surface area contributed by atoms with Crippen LogP contribution in [0.3, 0.4) is 0 Å². The first-order valence-corrected chi connectivity index (χ1v) is 10.3. The van der Waals surface area contributed by atoms with Crippen molar-refractivity contribution < 1.29 is 14.6 Å². The number of amides is 1. The van der Waals surface area contributed by atoms with Gasteiger partial charge in [-0.25, -0.2) is 0 Å². The number of phenolic OH excluding ortho intramolecular Hbond substituents is 1. The monoisotopic (exact) mass is 426 g/mol. The van der Waals surface area contributed by atoms with Crippen LogP contribution in [-0.4, -0.2) is 51.3 Å². The Labute approximate surface area is 185 Å². The SMILES string of the molecule is C=CC(=O)N1CC(c2[nH]c3nnc(-c4ccccc4O)cc3c2-c2cccc(OC)c2)C1. The van der Waals surface area contributed by atoms with Crippen LogP contribution in [0.5, 0.6) is 11.5 Å². The fourth-order valence-electron chi connectivity index (χ4n) is 4.20. The van der Waals surface area contributed by atoms with E-state index in [1.54, 1.807) is 24.1 Å². The Kier molecular flexibility index (Phi) is 4.86. The summed E-state index contributed by atoms with van der Waals surface area (Å²) < 4.78 is 5.44. The first kappa shape index (κ1) is 19.8. The van der Waals surface area contributed by atoms with Crippen LogP contribution in [0.2, 0.25) is 0 Å². The number of carbonyl (C=O) groups excluding carboxylic acids is 1. The first-order valence-electron chi connectivity index (χ1n) is 10.3. The molecular formula is C25H22N4O3. The van der Waals surface area contributed by atoms with E-state index in [1.165, 1.54) is 6.08 Å². The van der Waals surface area contributed by atoms with E-state index in [9.17, 15) is 9.90 Å². The molecule has 1 aliphatic rings. The average molecular weight is 426 g/mol. The zero-order chi connectivity index (χ0) is 22.2. The van der Waals surface area contributed by atoms with E-state index >= 15 is 0 Å². The highest BCUT2D eigenvalue weighted by Gasteiger charge is 2.34. The van der Waals surface area contributed by atoms with Gasteiger partial charge >= 0.3 is 0 Å². The molecule has 2 aromatic heterocycles. The lowest BCUT2D eigenvalue weighted by Crippen LogP contribution is -2.48. The lowest BCUT2D eigenvalue weighted by atomic mass is 9.90. The van der Waals surface area contributed by atoms with Crippen LogP contribution >= 0.6 is 0 Å². The van der Waals surface area contributed by atoms with E-state index in [4.69, 9.17) is 4.74 Å². The molecular weight excluding hydrogens is 404 g/mol. The van der Waals surface area contributed by atoms with Gasteiger partial charge in [-0.05, 0) is 42.0 Å². The van der Waals surface area contributed by atoms with Gasteiger partial charge in [0, 0.05) is 41.2 Å². The van der Waals surface area contributed by atoms with E-state index < -0.39 is 0 Å². The summed E-state index contributed by atoms with van der Waals surface area (Å²) in [5.41, 5.74) is 4.85. The van der Waals surface area contributed by atoms with Crippen molar-refractivity contribution in [2.75, 3.05) is 20.2 Å². The predicted octanol–water partition coefficient (Wildman–Crippen LogP) is 4.12. The summed E-state index contributed by atoms with van der Waals surface area (Å²) in [5.74, 6) is 0.977. The Hall–Kier alpha value is -4.13. The van der Waals surface area contributed by atoms with Gasteiger partial charge in [0.15, 0.2) is 5.65 Å². The average Bonchev–Trinajstić information content (AvgIpc) is 3.16. The molecule has 1 fully saturated rings. The minimum Gasteiger partial charge on any atom is -0.507 e. The number of nitrogens with zero attached hydrogens (tertiary/aromatic N) is 3. The molecule has 0 aliphatic carbocycles. The minimum absolute atomic E-state index is 0.0677. The lowest BCUT2D eigenvalue weighted by molar-refractivity contribution is -0.130. The van der Waals surface area contributed by atoms with Crippen LogP contribution in [0.1, 0.15) is 11.6 Å². The molecule has 5 rings (SSSR count). The fourth-order valence-corrected chi connectivity index (χ4v) is 4.20. The Morgan fingerprint density at radius 3 is 2.75 bits per heavy atom. The van der Waals surface area contributed by atoms with Gasteiger partial charge in [-0.3, -0.25) is 4.79 Å². The van der Waals surface area contributed by atoms with Gasteiger partial charge in [-0.15, -0.1) is 10.2 Å². The standard InChI is InChI=1S/C25H22N4O3/c1-3-22(31)29-13-16(14-29)24-23(15-7-6-8-17(11-15)32-2)19-12-20(27-28-25(19)26-24)18-9-4-5-10-21(18)30/h3-12,16,30H,1,13-14H2,2H3,(H,26,28). The summed E-state index contributed by atoms with van der Waals surface area (Å²) in [5, 5.41) is 19.9. The smallest absolute Gasteiger partial charge is 0.245 e. The zero-order valence-electron chi connectivity index (χ0n) is 17.6. The van der Waals surface area contributed by atoms with Crippen LogP contribution in [0.4, 0.5) is 0 Å². The Bertz CT molecular complexity index is 1340. The van der Waals surface area contributed by atoms with Crippen molar-refractivity contribution in [1.82, 2.24) is 20.1 Å². The number of para-hydroxylation sites is 1. The molecule has 0 atom stereocenters. The van der Waals surface area contributed by atoms with Gasteiger partial charge in [0.2, 0.25) is 5.91 Å². The summed E-state index contributed by atoms with van der Waals surface area (Å²) in [7, 11) is 1.64. The summed E-state index contributed by atoms with van der Waals surface area (Å²) in [4.78, 5) is 17.1. The number of aromatic amines is 1. The minimum atomic E-state index is -0.0677. The third-order valence-electron chi connectivity index (χ3n) is 5.90. The predicted molar refractivity (Wildman–Crippen MR) is 122 cm³/mol. The van der Waals surface area contributed by atoms with Crippen molar-refractivity contribution in [3.8, 4) is 33.9 Å². The molecule has 160 valence electrons. The molecule has 32 heavy (non-hydrogen) atoms. The number of methoxy groups -OCH3 is 1. The topological polar surface area (TPSA) is 91.3 Å². The van der Waals surface area contributed by atoms with Crippen molar-refractivity contribution in [3.63, 3.8) is 0 Å². The van der Waals surface area contributed by atoms with E-state index in [1.807, 2.05) is 42.5 Å². The van der Waals surface area contributed by atoms with Gasteiger partial charge in [0.1, 0.15) is 11.5 Å². The van der Waals surface area contributed by atoms with Crippen molar-refractivity contribution in [2.24, 2.45) is 0 Å². The highest BCUT2D eigenvalue weighted by molar-refractivity contribution is 5.98. The van der Waals surface area contributed by atoms with Crippen LogP contribution in [0, 0.1) is 0 Å². The Balaban J connectivity index is 1.67. The molecule has 0 spiro atoms. The third kappa shape index (κ3) is 3.28. The fraction of sp³-hybridized carbons (Fsp3) is 0.160. The van der Waals surface area contributed by atoms with Gasteiger partial charge in [0.25, 0.3) is 0 Å². The molecule has 2 N–H and O–H groups in total. The second kappa shape index (κ2) is 7.85. The molecule has 1 amide bonds. The van der Waals surface area contributed by atoms with Crippen LogP contribution in [0.25, 0.3) is 33.4 Å². The first-order chi connectivity index (χ1) is 15.6. The number of fused-ring (bicyclic) bond motifs is 1. The van der Waals surface area contributed by atoms with Gasteiger partial charge in [-0.1, -0.05) is 30.8 Å². The molecule has 1 aliphatic heterocycles. The maximum Gasteiger partial charge on any atom is 0.245 e. The van der Waals surface area contributed by atoms with Crippen molar-refractivity contribution in [3.05, 3.63) is 72.9 Å².